The molecule has 0 aliphatic rings. The fourth-order valence-corrected chi connectivity index (χ4v) is 2.53. The van der Waals surface area contributed by atoms with E-state index in [2.05, 4.69) is 27.7 Å². The van der Waals surface area contributed by atoms with E-state index in [-0.39, 0.29) is 0 Å². The third-order valence-electron chi connectivity index (χ3n) is 0.968. The molecule has 0 amide bonds. The lowest BCUT2D eigenvalue weighted by molar-refractivity contribution is 0.750. The minimum atomic E-state index is 0.535. The van der Waals surface area contributed by atoms with E-state index in [1.165, 1.54) is 11.5 Å². The van der Waals surface area contributed by atoms with E-state index < -0.39 is 0 Å². The van der Waals surface area contributed by atoms with Crippen molar-refractivity contribution in [3.63, 3.8) is 0 Å². The Morgan fingerprint density at radius 2 is 1.90 bits per heavy atom. The van der Waals surface area contributed by atoms with Crippen LogP contribution in [0.2, 0.25) is 0 Å². The molecule has 0 fully saturated rings. The Hall–Kier alpha value is 0.700. The lowest BCUT2D eigenvalue weighted by Crippen LogP contribution is -1.97. The minimum absolute atomic E-state index is 0.535. The van der Waals surface area contributed by atoms with Gasteiger partial charge in [0.15, 0.2) is 0 Å². The van der Waals surface area contributed by atoms with Crippen LogP contribution in [0.5, 0.6) is 0 Å². The van der Waals surface area contributed by atoms with E-state index in [9.17, 15) is 0 Å². The van der Waals surface area contributed by atoms with Crippen molar-refractivity contribution < 1.29 is 0 Å². The van der Waals surface area contributed by atoms with Crippen molar-refractivity contribution in [3.8, 4) is 0 Å². The van der Waals surface area contributed by atoms with Crippen molar-refractivity contribution in [1.29, 1.82) is 0 Å². The van der Waals surface area contributed by atoms with Crippen LogP contribution in [0.1, 0.15) is 20.8 Å². The molecule has 1 unspecified atom stereocenters. The standard InChI is InChI=1S/C8H17S2/c1-5-9-8(4)10-6-7(2)3/h7-8H,4-6H2,1-3H3. The maximum absolute atomic E-state index is 4.03. The van der Waals surface area contributed by atoms with Crippen LogP contribution in [-0.2, 0) is 0 Å². The average Bonchev–Trinajstić information content (AvgIpc) is 1.85. The third-order valence-corrected chi connectivity index (χ3v) is 3.72. The predicted molar refractivity (Wildman–Crippen MR) is 54.6 cm³/mol. The van der Waals surface area contributed by atoms with E-state index in [0.717, 1.165) is 5.92 Å². The Balaban J connectivity index is 3.12. The average molecular weight is 177 g/mol. The predicted octanol–water partition coefficient (Wildman–Crippen LogP) is 3.29. The van der Waals surface area contributed by atoms with Gasteiger partial charge in [-0.2, -0.15) is 0 Å². The molecule has 0 spiro atoms. The number of rotatable bonds is 5. The Morgan fingerprint density at radius 3 is 2.30 bits per heavy atom. The molecule has 61 valence electrons. The summed E-state index contributed by atoms with van der Waals surface area (Å²) >= 11 is 3.89. The molecule has 0 aromatic rings. The first-order valence-electron chi connectivity index (χ1n) is 3.73. The maximum Gasteiger partial charge on any atom is 0.0503 e. The van der Waals surface area contributed by atoms with Crippen LogP contribution < -0.4 is 0 Å². The Labute approximate surface area is 73.5 Å². The molecule has 10 heavy (non-hydrogen) atoms. The molecule has 0 saturated carbocycles. The fraction of sp³-hybridized carbons (Fsp3) is 0.875. The van der Waals surface area contributed by atoms with Crippen molar-refractivity contribution in [2.75, 3.05) is 11.5 Å². The van der Waals surface area contributed by atoms with Gasteiger partial charge in [-0.1, -0.05) is 20.8 Å². The normalized spacial score (nSPS) is 14.1. The van der Waals surface area contributed by atoms with Crippen LogP contribution in [0.3, 0.4) is 0 Å². The molecule has 0 aliphatic heterocycles. The van der Waals surface area contributed by atoms with Gasteiger partial charge in [-0.3, -0.25) is 0 Å². The molecule has 0 rings (SSSR count). The highest BCUT2D eigenvalue weighted by Gasteiger charge is 2.02. The largest absolute Gasteiger partial charge is 0.148 e. The first-order valence-corrected chi connectivity index (χ1v) is 5.82. The molecule has 0 heterocycles. The van der Waals surface area contributed by atoms with Gasteiger partial charge >= 0.3 is 0 Å². The molecule has 0 bridgehead atoms. The van der Waals surface area contributed by atoms with Crippen molar-refractivity contribution in [1.82, 2.24) is 0 Å². The van der Waals surface area contributed by atoms with Crippen LogP contribution in [0.15, 0.2) is 0 Å². The first kappa shape index (κ1) is 10.7. The van der Waals surface area contributed by atoms with Gasteiger partial charge in [0, 0.05) is 0 Å². The van der Waals surface area contributed by atoms with Gasteiger partial charge in [0.1, 0.15) is 0 Å². The highest BCUT2D eigenvalue weighted by atomic mass is 32.2. The van der Waals surface area contributed by atoms with Crippen LogP contribution in [0.25, 0.3) is 0 Å². The Morgan fingerprint density at radius 1 is 1.30 bits per heavy atom. The van der Waals surface area contributed by atoms with Gasteiger partial charge in [-0.15, -0.1) is 23.5 Å². The van der Waals surface area contributed by atoms with E-state index in [1.807, 2.05) is 23.5 Å². The lowest BCUT2D eigenvalue weighted by atomic mass is 10.3. The minimum Gasteiger partial charge on any atom is -0.148 e. The molecule has 1 radical (unpaired) electrons. The monoisotopic (exact) mass is 177 g/mol. The second-order valence-corrected chi connectivity index (χ2v) is 5.63. The van der Waals surface area contributed by atoms with Gasteiger partial charge in [0.2, 0.25) is 0 Å². The summed E-state index contributed by atoms with van der Waals surface area (Å²) in [7, 11) is 0. The zero-order chi connectivity index (χ0) is 7.98. The highest BCUT2D eigenvalue weighted by molar-refractivity contribution is 8.17. The van der Waals surface area contributed by atoms with Crippen LogP contribution in [0, 0.1) is 12.8 Å². The van der Waals surface area contributed by atoms with Gasteiger partial charge in [0.25, 0.3) is 0 Å². The van der Waals surface area contributed by atoms with Crippen molar-refractivity contribution >= 4 is 23.5 Å². The van der Waals surface area contributed by atoms with Crippen molar-refractivity contribution in [3.05, 3.63) is 6.92 Å². The molecule has 0 nitrogen and oxygen atoms in total. The van der Waals surface area contributed by atoms with Crippen LogP contribution >= 0.6 is 23.5 Å². The Bertz CT molecular complexity index is 71.7. The Kier molecular flexibility index (Phi) is 6.86. The van der Waals surface area contributed by atoms with Gasteiger partial charge < -0.3 is 0 Å². The molecule has 2 heteroatoms. The summed E-state index contributed by atoms with van der Waals surface area (Å²) in [6.07, 6.45) is 0. The molecular formula is C8H17S2. The number of hydrogen-bond donors (Lipinski definition) is 0. The molecular weight excluding hydrogens is 160 g/mol. The van der Waals surface area contributed by atoms with E-state index >= 15 is 0 Å². The van der Waals surface area contributed by atoms with E-state index in [1.54, 1.807) is 0 Å². The van der Waals surface area contributed by atoms with Crippen LogP contribution in [0.4, 0.5) is 0 Å². The molecule has 0 aliphatic carbocycles. The van der Waals surface area contributed by atoms with Gasteiger partial charge in [-0.05, 0) is 24.3 Å². The first-order chi connectivity index (χ1) is 4.66. The summed E-state index contributed by atoms with van der Waals surface area (Å²) < 4.78 is 0.535. The summed E-state index contributed by atoms with van der Waals surface area (Å²) in [5.41, 5.74) is 0. The quantitative estimate of drug-likeness (QED) is 0.591. The second-order valence-electron chi connectivity index (χ2n) is 2.61. The molecule has 1 atom stereocenters. The van der Waals surface area contributed by atoms with Gasteiger partial charge in [-0.25, -0.2) is 0 Å². The fourth-order valence-electron chi connectivity index (χ4n) is 0.534. The number of hydrogen-bond acceptors (Lipinski definition) is 2. The van der Waals surface area contributed by atoms with Crippen LogP contribution in [-0.4, -0.2) is 16.1 Å². The zero-order valence-electron chi connectivity index (χ0n) is 7.09. The van der Waals surface area contributed by atoms with E-state index in [0.29, 0.717) is 4.58 Å². The van der Waals surface area contributed by atoms with Gasteiger partial charge in [0.05, 0.1) is 4.58 Å². The molecule has 0 aromatic heterocycles. The maximum atomic E-state index is 4.03. The second kappa shape index (κ2) is 6.41. The molecule has 0 saturated heterocycles. The summed E-state index contributed by atoms with van der Waals surface area (Å²) in [6, 6.07) is 0. The highest BCUT2D eigenvalue weighted by Crippen LogP contribution is 2.23. The molecule has 0 aromatic carbocycles. The van der Waals surface area contributed by atoms with E-state index in [4.69, 9.17) is 0 Å². The van der Waals surface area contributed by atoms with Crippen molar-refractivity contribution in [2.24, 2.45) is 5.92 Å². The van der Waals surface area contributed by atoms with Crippen molar-refractivity contribution in [2.45, 2.75) is 25.4 Å². The summed E-state index contributed by atoms with van der Waals surface area (Å²) in [6.45, 7) is 10.7. The number of thioether (sulfide) groups is 2. The topological polar surface area (TPSA) is 0 Å². The third kappa shape index (κ3) is 6.81. The molecule has 0 N–H and O–H groups in total. The SMILES string of the molecule is [CH2]C(SCC)SCC(C)C. The summed E-state index contributed by atoms with van der Waals surface area (Å²) in [5.74, 6) is 3.21. The zero-order valence-corrected chi connectivity index (χ0v) is 8.73. The lowest BCUT2D eigenvalue weighted by Gasteiger charge is -2.10. The summed E-state index contributed by atoms with van der Waals surface area (Å²) in [5, 5.41) is 0. The smallest absolute Gasteiger partial charge is 0.0503 e. The summed E-state index contributed by atoms with van der Waals surface area (Å²) in [4.78, 5) is 0.